The van der Waals surface area contributed by atoms with E-state index in [0.717, 1.165) is 12.0 Å². The number of hydrogen-bond donors (Lipinski definition) is 2. The van der Waals surface area contributed by atoms with Gasteiger partial charge in [-0.1, -0.05) is 24.3 Å². The van der Waals surface area contributed by atoms with Crippen LogP contribution in [-0.2, 0) is 17.7 Å². The van der Waals surface area contributed by atoms with Crippen LogP contribution in [0.15, 0.2) is 30.3 Å². The van der Waals surface area contributed by atoms with Crippen molar-refractivity contribution in [1.82, 2.24) is 20.4 Å². The van der Waals surface area contributed by atoms with Crippen LogP contribution >= 0.6 is 0 Å². The summed E-state index contributed by atoms with van der Waals surface area (Å²) < 4.78 is 7.01. The van der Waals surface area contributed by atoms with Gasteiger partial charge in [0.05, 0.1) is 19.8 Å². The first-order valence-electron chi connectivity index (χ1n) is 9.61. The summed E-state index contributed by atoms with van der Waals surface area (Å²) in [6.07, 6.45) is 5.21. The molecule has 2 aromatic rings. The minimum atomic E-state index is -0.304. The number of nitrogens with one attached hydrogen (secondary N) is 2. The molecule has 1 unspecified atom stereocenters. The monoisotopic (exact) mass is 378 g/mol. The molecule has 1 saturated carbocycles. The third-order valence-corrected chi connectivity index (χ3v) is 5.90. The van der Waals surface area contributed by atoms with Gasteiger partial charge in [-0.3, -0.25) is 14.3 Å². The molecule has 1 aliphatic heterocycles. The molecule has 7 heteroatoms. The van der Waals surface area contributed by atoms with Crippen LogP contribution in [0, 0.1) is 11.8 Å². The molecule has 0 bridgehead atoms. The lowest BCUT2D eigenvalue weighted by Gasteiger charge is -2.11. The van der Waals surface area contributed by atoms with E-state index >= 15 is 0 Å². The number of aromatic nitrogens is 2. The SMILES string of the molecule is CNC(=O)c1cc(C(=O)NC2[C@H]3COC[C@@H]23)n(Cc2ccc3c(c2)C=CC3)n1. The van der Waals surface area contributed by atoms with E-state index in [1.807, 2.05) is 0 Å². The molecule has 1 aromatic heterocycles. The van der Waals surface area contributed by atoms with E-state index in [0.29, 0.717) is 37.3 Å². The van der Waals surface area contributed by atoms with E-state index in [-0.39, 0.29) is 23.6 Å². The third-order valence-electron chi connectivity index (χ3n) is 5.90. The summed E-state index contributed by atoms with van der Waals surface area (Å²) in [6.45, 7) is 1.85. The largest absolute Gasteiger partial charge is 0.381 e. The Kier molecular flexibility index (Phi) is 4.05. The second-order valence-corrected chi connectivity index (χ2v) is 7.66. The van der Waals surface area contributed by atoms with E-state index in [2.05, 4.69) is 46.1 Å². The molecule has 2 fully saturated rings. The highest BCUT2D eigenvalue weighted by molar-refractivity contribution is 5.98. The third kappa shape index (κ3) is 2.92. The number of hydrogen-bond acceptors (Lipinski definition) is 4. The average Bonchev–Trinajstić information content (AvgIpc) is 3.21. The molecule has 7 nitrogen and oxygen atoms in total. The molecule has 0 radical (unpaired) electrons. The second-order valence-electron chi connectivity index (χ2n) is 7.66. The molecule has 5 rings (SSSR count). The minimum absolute atomic E-state index is 0.165. The Bertz CT molecular complexity index is 984. The topological polar surface area (TPSA) is 85.3 Å². The maximum Gasteiger partial charge on any atom is 0.271 e. The fourth-order valence-electron chi connectivity index (χ4n) is 4.21. The number of ether oxygens (including phenoxy) is 1. The van der Waals surface area contributed by atoms with Crippen LogP contribution in [0.4, 0.5) is 0 Å². The van der Waals surface area contributed by atoms with Gasteiger partial charge in [-0.05, 0) is 29.2 Å². The number of fused-ring (bicyclic) bond motifs is 2. The summed E-state index contributed by atoms with van der Waals surface area (Å²) >= 11 is 0. The lowest BCUT2D eigenvalue weighted by Crippen LogP contribution is -2.31. The molecular weight excluding hydrogens is 356 g/mol. The Morgan fingerprint density at radius 1 is 1.21 bits per heavy atom. The highest BCUT2D eigenvalue weighted by Crippen LogP contribution is 2.44. The zero-order chi connectivity index (χ0) is 19.3. The summed E-state index contributed by atoms with van der Waals surface area (Å²) in [5.74, 6) is 0.342. The van der Waals surface area contributed by atoms with Crippen molar-refractivity contribution in [3.63, 3.8) is 0 Å². The maximum absolute atomic E-state index is 12.9. The van der Waals surface area contributed by atoms with Crippen LogP contribution in [0.2, 0.25) is 0 Å². The van der Waals surface area contributed by atoms with Crippen molar-refractivity contribution in [2.24, 2.45) is 11.8 Å². The van der Waals surface area contributed by atoms with Gasteiger partial charge < -0.3 is 15.4 Å². The Labute approximate surface area is 162 Å². The van der Waals surface area contributed by atoms with E-state index in [4.69, 9.17) is 4.74 Å². The van der Waals surface area contributed by atoms with Gasteiger partial charge in [0.25, 0.3) is 11.8 Å². The van der Waals surface area contributed by atoms with Crippen LogP contribution in [-0.4, -0.2) is 47.9 Å². The molecule has 2 amide bonds. The van der Waals surface area contributed by atoms with E-state index in [9.17, 15) is 9.59 Å². The van der Waals surface area contributed by atoms with Gasteiger partial charge in [0.15, 0.2) is 5.69 Å². The van der Waals surface area contributed by atoms with E-state index in [1.54, 1.807) is 17.8 Å². The predicted octanol–water partition coefficient (Wildman–Crippen LogP) is 1.23. The summed E-state index contributed by atoms with van der Waals surface area (Å²) in [4.78, 5) is 25.0. The zero-order valence-corrected chi connectivity index (χ0v) is 15.6. The molecule has 144 valence electrons. The molecule has 1 aromatic carbocycles. The molecule has 2 heterocycles. The maximum atomic E-state index is 12.9. The molecule has 3 aliphatic rings. The smallest absolute Gasteiger partial charge is 0.271 e. The van der Waals surface area contributed by atoms with Gasteiger partial charge in [-0.15, -0.1) is 0 Å². The molecule has 0 spiro atoms. The summed E-state index contributed by atoms with van der Waals surface area (Å²) in [7, 11) is 1.55. The standard InChI is InChI=1S/C21H22N4O3/c1-22-20(26)17-8-18(21(27)23-19-15-10-28-11-16(15)19)25(24-17)9-12-5-6-13-3-2-4-14(13)7-12/h2,4-8,15-16,19H,3,9-11H2,1H3,(H,22,26)(H,23,27)/t15-,16+,19?. The molecular formula is C21H22N4O3. The van der Waals surface area contributed by atoms with Crippen molar-refractivity contribution in [3.05, 3.63) is 58.4 Å². The van der Waals surface area contributed by atoms with Gasteiger partial charge in [0, 0.05) is 31.0 Å². The summed E-state index contributed by atoms with van der Waals surface area (Å²) in [5.41, 5.74) is 4.19. The Hall–Kier alpha value is -2.93. The van der Waals surface area contributed by atoms with Gasteiger partial charge >= 0.3 is 0 Å². The average molecular weight is 378 g/mol. The fraction of sp³-hybridized carbons (Fsp3) is 0.381. The van der Waals surface area contributed by atoms with Crippen LogP contribution in [0.1, 0.15) is 37.7 Å². The lowest BCUT2D eigenvalue weighted by molar-refractivity contribution is 0.0917. The fourth-order valence-corrected chi connectivity index (χ4v) is 4.21. The van der Waals surface area contributed by atoms with Crippen LogP contribution in [0.25, 0.3) is 6.08 Å². The molecule has 2 N–H and O–H groups in total. The van der Waals surface area contributed by atoms with Crippen molar-refractivity contribution in [1.29, 1.82) is 0 Å². The van der Waals surface area contributed by atoms with Gasteiger partial charge in [-0.2, -0.15) is 5.10 Å². The van der Waals surface area contributed by atoms with Crippen molar-refractivity contribution in [2.75, 3.05) is 20.3 Å². The predicted molar refractivity (Wildman–Crippen MR) is 103 cm³/mol. The molecule has 2 aliphatic carbocycles. The summed E-state index contributed by atoms with van der Waals surface area (Å²) in [6, 6.07) is 8.01. The molecule has 3 atom stereocenters. The first kappa shape index (κ1) is 17.2. The van der Waals surface area contributed by atoms with Crippen LogP contribution in [0.5, 0.6) is 0 Å². The highest BCUT2D eigenvalue weighted by Gasteiger charge is 2.54. The number of rotatable bonds is 5. The van der Waals surface area contributed by atoms with E-state index in [1.165, 1.54) is 11.1 Å². The van der Waals surface area contributed by atoms with Gasteiger partial charge in [0.2, 0.25) is 0 Å². The highest BCUT2D eigenvalue weighted by atomic mass is 16.5. The Morgan fingerprint density at radius 3 is 2.82 bits per heavy atom. The number of nitrogens with zero attached hydrogens (tertiary/aromatic N) is 2. The first-order valence-corrected chi connectivity index (χ1v) is 9.61. The Balaban J connectivity index is 1.40. The molecule has 1 saturated heterocycles. The van der Waals surface area contributed by atoms with E-state index < -0.39 is 0 Å². The van der Waals surface area contributed by atoms with Crippen molar-refractivity contribution < 1.29 is 14.3 Å². The number of benzene rings is 1. The normalized spacial score (nSPS) is 24.0. The van der Waals surface area contributed by atoms with Gasteiger partial charge in [0.1, 0.15) is 5.69 Å². The first-order chi connectivity index (χ1) is 13.6. The van der Waals surface area contributed by atoms with Crippen molar-refractivity contribution in [2.45, 2.75) is 19.0 Å². The molecule has 28 heavy (non-hydrogen) atoms. The number of carbonyl (C=O) groups excluding carboxylic acids is 2. The minimum Gasteiger partial charge on any atom is -0.381 e. The number of carbonyl (C=O) groups is 2. The number of allylic oxidation sites excluding steroid dienone is 1. The van der Waals surface area contributed by atoms with Gasteiger partial charge in [-0.25, -0.2) is 0 Å². The van der Waals surface area contributed by atoms with Crippen molar-refractivity contribution >= 4 is 17.9 Å². The van der Waals surface area contributed by atoms with Crippen molar-refractivity contribution in [3.8, 4) is 0 Å². The quantitative estimate of drug-likeness (QED) is 0.820. The summed E-state index contributed by atoms with van der Waals surface area (Å²) in [5, 5.41) is 10.1. The lowest BCUT2D eigenvalue weighted by atomic mass is 10.1. The second kappa shape index (κ2) is 6.60. The van der Waals surface area contributed by atoms with Crippen LogP contribution < -0.4 is 10.6 Å². The number of amides is 2. The Morgan fingerprint density at radius 2 is 2.04 bits per heavy atom. The van der Waals surface area contributed by atoms with Crippen LogP contribution in [0.3, 0.4) is 0 Å². The zero-order valence-electron chi connectivity index (χ0n) is 15.6.